The van der Waals surface area contributed by atoms with Crippen LogP contribution in [-0.4, -0.2) is 12.6 Å². The van der Waals surface area contributed by atoms with E-state index in [1.807, 2.05) is 36.4 Å². The molecule has 0 amide bonds. The second-order valence-electron chi connectivity index (χ2n) is 5.97. The molecular formula is C22H18O2. The lowest BCUT2D eigenvalue weighted by Gasteiger charge is -2.13. The lowest BCUT2D eigenvalue weighted by Crippen LogP contribution is -1.92. The normalized spacial score (nSPS) is 10.4. The van der Waals surface area contributed by atoms with Crippen LogP contribution in [0, 0.1) is 13.8 Å². The van der Waals surface area contributed by atoms with Crippen LogP contribution in [0.4, 0.5) is 0 Å². The monoisotopic (exact) mass is 314 g/mol. The van der Waals surface area contributed by atoms with Gasteiger partial charge in [-0.2, -0.15) is 0 Å². The summed E-state index contributed by atoms with van der Waals surface area (Å²) in [5.74, 6) is 0. The zero-order chi connectivity index (χ0) is 17.1. The standard InChI is InChI=1S/C22H18O2/c1-15-9-22(20-8-4-6-18(12-20)14-24)16(2)10-21(15)19-7-3-5-17(11-19)13-23/h3-14H,1-2H3. The number of benzene rings is 3. The highest BCUT2D eigenvalue weighted by Gasteiger charge is 2.09. The predicted molar refractivity (Wildman–Crippen MR) is 97.6 cm³/mol. The van der Waals surface area contributed by atoms with Crippen molar-refractivity contribution in [2.24, 2.45) is 0 Å². The van der Waals surface area contributed by atoms with Crippen LogP contribution >= 0.6 is 0 Å². The number of rotatable bonds is 4. The molecule has 24 heavy (non-hydrogen) atoms. The van der Waals surface area contributed by atoms with E-state index in [1.165, 1.54) is 0 Å². The van der Waals surface area contributed by atoms with Crippen LogP contribution in [0.15, 0.2) is 60.7 Å². The van der Waals surface area contributed by atoms with E-state index in [-0.39, 0.29) is 0 Å². The maximum atomic E-state index is 11.0. The van der Waals surface area contributed by atoms with Gasteiger partial charge in [-0.15, -0.1) is 0 Å². The average molecular weight is 314 g/mol. The molecule has 0 fully saturated rings. The maximum Gasteiger partial charge on any atom is 0.150 e. The van der Waals surface area contributed by atoms with E-state index in [2.05, 4.69) is 26.0 Å². The summed E-state index contributed by atoms with van der Waals surface area (Å²) in [6, 6.07) is 19.5. The van der Waals surface area contributed by atoms with Gasteiger partial charge in [0.2, 0.25) is 0 Å². The Hall–Kier alpha value is -3.00. The van der Waals surface area contributed by atoms with Gasteiger partial charge < -0.3 is 0 Å². The van der Waals surface area contributed by atoms with Crippen molar-refractivity contribution in [2.45, 2.75) is 13.8 Å². The van der Waals surface area contributed by atoms with Crippen molar-refractivity contribution >= 4 is 12.6 Å². The van der Waals surface area contributed by atoms with Crippen molar-refractivity contribution < 1.29 is 9.59 Å². The molecule has 0 radical (unpaired) electrons. The van der Waals surface area contributed by atoms with Crippen LogP contribution < -0.4 is 0 Å². The van der Waals surface area contributed by atoms with Gasteiger partial charge in [-0.1, -0.05) is 48.5 Å². The average Bonchev–Trinajstić information content (AvgIpc) is 2.63. The third-order valence-electron chi connectivity index (χ3n) is 4.24. The van der Waals surface area contributed by atoms with Gasteiger partial charge in [-0.3, -0.25) is 9.59 Å². The fraction of sp³-hybridized carbons (Fsp3) is 0.0909. The highest BCUT2D eigenvalue weighted by Crippen LogP contribution is 2.32. The highest BCUT2D eigenvalue weighted by molar-refractivity contribution is 5.83. The van der Waals surface area contributed by atoms with Crippen LogP contribution in [0.1, 0.15) is 31.8 Å². The summed E-state index contributed by atoms with van der Waals surface area (Å²) in [7, 11) is 0. The molecule has 3 aromatic carbocycles. The van der Waals surface area contributed by atoms with Gasteiger partial charge in [0, 0.05) is 11.1 Å². The summed E-state index contributed by atoms with van der Waals surface area (Å²) in [4.78, 5) is 22.0. The number of aryl methyl sites for hydroxylation is 2. The molecule has 0 aliphatic rings. The summed E-state index contributed by atoms with van der Waals surface area (Å²) < 4.78 is 0. The van der Waals surface area contributed by atoms with E-state index in [0.717, 1.165) is 46.0 Å². The summed E-state index contributed by atoms with van der Waals surface area (Å²) in [5.41, 5.74) is 7.92. The first kappa shape index (κ1) is 15.9. The first-order valence-electron chi connectivity index (χ1n) is 7.85. The molecule has 2 heteroatoms. The SMILES string of the molecule is Cc1cc(-c2cccc(C=O)c2)c(C)cc1-c1cccc(C=O)c1. The zero-order valence-electron chi connectivity index (χ0n) is 13.7. The first-order valence-corrected chi connectivity index (χ1v) is 7.85. The van der Waals surface area contributed by atoms with Crippen LogP contribution in [-0.2, 0) is 0 Å². The van der Waals surface area contributed by atoms with Crippen LogP contribution in [0.25, 0.3) is 22.3 Å². The third-order valence-corrected chi connectivity index (χ3v) is 4.24. The van der Waals surface area contributed by atoms with Crippen molar-refractivity contribution in [1.29, 1.82) is 0 Å². The van der Waals surface area contributed by atoms with Gasteiger partial charge in [-0.05, 0) is 59.4 Å². The van der Waals surface area contributed by atoms with Crippen LogP contribution in [0.5, 0.6) is 0 Å². The van der Waals surface area contributed by atoms with E-state index >= 15 is 0 Å². The quantitative estimate of drug-likeness (QED) is 0.615. The Morgan fingerprint density at radius 1 is 0.625 bits per heavy atom. The molecule has 0 N–H and O–H groups in total. The summed E-state index contributed by atoms with van der Waals surface area (Å²) in [5, 5.41) is 0. The maximum absolute atomic E-state index is 11.0. The van der Waals surface area contributed by atoms with E-state index in [4.69, 9.17) is 0 Å². The fourth-order valence-corrected chi connectivity index (χ4v) is 3.00. The van der Waals surface area contributed by atoms with E-state index in [9.17, 15) is 9.59 Å². The zero-order valence-corrected chi connectivity index (χ0v) is 13.7. The Kier molecular flexibility index (Phi) is 4.39. The van der Waals surface area contributed by atoms with Crippen LogP contribution in [0.3, 0.4) is 0 Å². The number of carbonyl (C=O) groups excluding carboxylic acids is 2. The molecule has 3 rings (SSSR count). The molecule has 0 unspecified atom stereocenters. The van der Waals surface area contributed by atoms with Gasteiger partial charge in [0.15, 0.2) is 0 Å². The molecule has 0 atom stereocenters. The molecule has 0 aliphatic carbocycles. The third kappa shape index (κ3) is 3.04. The Labute approximate surface area is 141 Å². The lowest BCUT2D eigenvalue weighted by molar-refractivity contribution is 0.111. The van der Waals surface area contributed by atoms with Gasteiger partial charge in [0.1, 0.15) is 12.6 Å². The van der Waals surface area contributed by atoms with E-state index in [1.54, 1.807) is 12.1 Å². The molecule has 0 saturated heterocycles. The molecular weight excluding hydrogens is 296 g/mol. The Morgan fingerprint density at radius 3 is 1.42 bits per heavy atom. The molecule has 0 spiro atoms. The molecule has 2 nitrogen and oxygen atoms in total. The van der Waals surface area contributed by atoms with Gasteiger partial charge >= 0.3 is 0 Å². The van der Waals surface area contributed by atoms with Crippen molar-refractivity contribution in [1.82, 2.24) is 0 Å². The number of hydrogen-bond acceptors (Lipinski definition) is 2. The minimum absolute atomic E-state index is 0.673. The minimum atomic E-state index is 0.673. The van der Waals surface area contributed by atoms with Crippen molar-refractivity contribution in [3.05, 3.63) is 82.9 Å². The molecule has 0 saturated carbocycles. The number of aldehydes is 2. The molecule has 118 valence electrons. The van der Waals surface area contributed by atoms with Gasteiger partial charge in [0.05, 0.1) is 0 Å². The topological polar surface area (TPSA) is 34.1 Å². The van der Waals surface area contributed by atoms with Gasteiger partial charge in [-0.25, -0.2) is 0 Å². The molecule has 3 aromatic rings. The van der Waals surface area contributed by atoms with E-state index in [0.29, 0.717) is 11.1 Å². The number of carbonyl (C=O) groups is 2. The van der Waals surface area contributed by atoms with Crippen molar-refractivity contribution in [3.63, 3.8) is 0 Å². The van der Waals surface area contributed by atoms with E-state index < -0.39 is 0 Å². The summed E-state index contributed by atoms with van der Waals surface area (Å²) in [6.07, 6.45) is 1.73. The Balaban J connectivity index is 2.11. The Bertz CT molecular complexity index is 846. The molecule has 0 heterocycles. The highest BCUT2D eigenvalue weighted by atomic mass is 16.1. The molecule has 0 aromatic heterocycles. The van der Waals surface area contributed by atoms with Crippen molar-refractivity contribution in [3.8, 4) is 22.3 Å². The number of hydrogen-bond donors (Lipinski definition) is 0. The second-order valence-corrected chi connectivity index (χ2v) is 5.97. The molecule has 0 bridgehead atoms. The molecule has 0 aliphatic heterocycles. The summed E-state index contributed by atoms with van der Waals surface area (Å²) in [6.45, 7) is 4.13. The minimum Gasteiger partial charge on any atom is -0.298 e. The first-order chi connectivity index (χ1) is 11.6. The largest absolute Gasteiger partial charge is 0.298 e. The second kappa shape index (κ2) is 6.63. The van der Waals surface area contributed by atoms with Crippen LogP contribution in [0.2, 0.25) is 0 Å². The smallest absolute Gasteiger partial charge is 0.150 e. The van der Waals surface area contributed by atoms with Gasteiger partial charge in [0.25, 0.3) is 0 Å². The van der Waals surface area contributed by atoms with Crippen molar-refractivity contribution in [2.75, 3.05) is 0 Å². The summed E-state index contributed by atoms with van der Waals surface area (Å²) >= 11 is 0. The fourth-order valence-electron chi connectivity index (χ4n) is 3.00. The Morgan fingerprint density at radius 2 is 1.04 bits per heavy atom. The predicted octanol–water partition coefficient (Wildman–Crippen LogP) is 5.26. The lowest BCUT2D eigenvalue weighted by atomic mass is 9.91.